The van der Waals surface area contributed by atoms with E-state index < -0.39 is 4.92 Å². The van der Waals surface area contributed by atoms with Crippen LogP contribution in [-0.2, 0) is 0 Å². The molecule has 6 nitrogen and oxygen atoms in total. The second-order valence-electron chi connectivity index (χ2n) is 4.19. The van der Waals surface area contributed by atoms with Gasteiger partial charge in [0, 0.05) is 30.4 Å². The van der Waals surface area contributed by atoms with E-state index in [0.717, 1.165) is 5.56 Å². The fraction of sp³-hybridized carbons (Fsp3) is 0.154. The SMILES string of the molecule is C[C@H](N)c1ccc(Oc2ccc([N+](=O)[O-])c(Cl)c2)nc1. The van der Waals surface area contributed by atoms with Gasteiger partial charge in [0.15, 0.2) is 0 Å². The van der Waals surface area contributed by atoms with Gasteiger partial charge in [-0.15, -0.1) is 0 Å². The van der Waals surface area contributed by atoms with Gasteiger partial charge in [0.1, 0.15) is 10.8 Å². The number of pyridine rings is 1. The third kappa shape index (κ3) is 3.23. The Morgan fingerprint density at radius 3 is 2.65 bits per heavy atom. The van der Waals surface area contributed by atoms with E-state index in [-0.39, 0.29) is 16.8 Å². The number of aromatic nitrogens is 1. The van der Waals surface area contributed by atoms with Gasteiger partial charge in [-0.2, -0.15) is 0 Å². The predicted molar refractivity (Wildman–Crippen MR) is 75.0 cm³/mol. The van der Waals surface area contributed by atoms with E-state index in [9.17, 15) is 10.1 Å². The molecule has 0 saturated carbocycles. The fourth-order valence-corrected chi connectivity index (χ4v) is 1.78. The highest BCUT2D eigenvalue weighted by Gasteiger charge is 2.13. The number of benzene rings is 1. The largest absolute Gasteiger partial charge is 0.439 e. The third-order valence-corrected chi connectivity index (χ3v) is 2.93. The molecule has 0 bridgehead atoms. The summed E-state index contributed by atoms with van der Waals surface area (Å²) in [6, 6.07) is 7.50. The van der Waals surface area contributed by atoms with Crippen LogP contribution < -0.4 is 10.5 Å². The van der Waals surface area contributed by atoms with Crippen LogP contribution in [0.4, 0.5) is 5.69 Å². The Kier molecular flexibility index (Phi) is 4.16. The molecule has 0 radical (unpaired) electrons. The molecule has 0 aliphatic heterocycles. The van der Waals surface area contributed by atoms with E-state index in [1.807, 2.05) is 6.92 Å². The molecule has 1 aromatic carbocycles. The number of nitro groups is 1. The highest BCUT2D eigenvalue weighted by Crippen LogP contribution is 2.30. The molecule has 0 amide bonds. The first-order chi connectivity index (χ1) is 9.47. The molecule has 0 saturated heterocycles. The Morgan fingerprint density at radius 1 is 1.40 bits per heavy atom. The standard InChI is InChI=1S/C13H12ClN3O3/c1-8(15)9-2-5-13(16-7-9)20-10-3-4-12(17(18)19)11(14)6-10/h2-8H,15H2,1H3/t8-/m0/s1. The molecule has 1 heterocycles. The van der Waals surface area contributed by atoms with Gasteiger partial charge in [-0.1, -0.05) is 17.7 Å². The summed E-state index contributed by atoms with van der Waals surface area (Å²) in [5.41, 5.74) is 6.44. The monoisotopic (exact) mass is 293 g/mol. The molecule has 7 heteroatoms. The summed E-state index contributed by atoms with van der Waals surface area (Å²) in [6.45, 7) is 1.85. The number of halogens is 1. The van der Waals surface area contributed by atoms with Crippen LogP contribution in [0, 0.1) is 10.1 Å². The summed E-state index contributed by atoms with van der Waals surface area (Å²) in [5, 5.41) is 10.7. The van der Waals surface area contributed by atoms with Crippen molar-refractivity contribution < 1.29 is 9.66 Å². The van der Waals surface area contributed by atoms with E-state index >= 15 is 0 Å². The highest BCUT2D eigenvalue weighted by molar-refractivity contribution is 6.32. The van der Waals surface area contributed by atoms with Crippen LogP contribution in [0.3, 0.4) is 0 Å². The van der Waals surface area contributed by atoms with Crippen molar-refractivity contribution >= 4 is 17.3 Å². The van der Waals surface area contributed by atoms with Crippen LogP contribution in [0.2, 0.25) is 5.02 Å². The molecule has 0 spiro atoms. The quantitative estimate of drug-likeness (QED) is 0.688. The summed E-state index contributed by atoms with van der Waals surface area (Å²) in [5.74, 6) is 0.737. The number of nitrogens with zero attached hydrogens (tertiary/aromatic N) is 2. The molecule has 20 heavy (non-hydrogen) atoms. The molecule has 2 N–H and O–H groups in total. The lowest BCUT2D eigenvalue weighted by Gasteiger charge is -2.07. The minimum atomic E-state index is -0.554. The Bertz CT molecular complexity index is 629. The summed E-state index contributed by atoms with van der Waals surface area (Å²) >= 11 is 5.80. The van der Waals surface area contributed by atoms with E-state index in [1.165, 1.54) is 18.2 Å². The lowest BCUT2D eigenvalue weighted by molar-refractivity contribution is -0.384. The van der Waals surface area contributed by atoms with Gasteiger partial charge in [0.05, 0.1) is 4.92 Å². The molecule has 0 fully saturated rings. The first-order valence-electron chi connectivity index (χ1n) is 5.80. The average molecular weight is 294 g/mol. The molecule has 2 aromatic rings. The third-order valence-electron chi connectivity index (χ3n) is 2.62. The summed E-state index contributed by atoms with van der Waals surface area (Å²) in [4.78, 5) is 14.2. The van der Waals surface area contributed by atoms with Gasteiger partial charge in [0.2, 0.25) is 5.88 Å². The zero-order valence-corrected chi connectivity index (χ0v) is 11.4. The molecular weight excluding hydrogens is 282 g/mol. The topological polar surface area (TPSA) is 91.3 Å². The predicted octanol–water partition coefficient (Wildman–Crippen LogP) is 3.46. The lowest BCUT2D eigenvalue weighted by atomic mass is 10.2. The maximum atomic E-state index is 10.6. The van der Waals surface area contributed by atoms with Gasteiger partial charge >= 0.3 is 0 Å². The molecule has 1 atom stereocenters. The van der Waals surface area contributed by atoms with Crippen LogP contribution in [-0.4, -0.2) is 9.91 Å². The summed E-state index contributed by atoms with van der Waals surface area (Å²) in [7, 11) is 0. The Labute approximate surface area is 120 Å². The van der Waals surface area contributed by atoms with Crippen molar-refractivity contribution in [2.45, 2.75) is 13.0 Å². The second-order valence-corrected chi connectivity index (χ2v) is 4.60. The van der Waals surface area contributed by atoms with Crippen LogP contribution in [0.5, 0.6) is 11.6 Å². The minimum absolute atomic E-state index is 0.0136. The highest BCUT2D eigenvalue weighted by atomic mass is 35.5. The number of nitrogens with two attached hydrogens (primary N) is 1. The van der Waals surface area contributed by atoms with Crippen molar-refractivity contribution in [3.63, 3.8) is 0 Å². The van der Waals surface area contributed by atoms with Crippen molar-refractivity contribution in [1.29, 1.82) is 0 Å². The number of hydrogen-bond acceptors (Lipinski definition) is 5. The molecule has 0 aliphatic carbocycles. The minimum Gasteiger partial charge on any atom is -0.439 e. The maximum absolute atomic E-state index is 10.6. The van der Waals surface area contributed by atoms with Gasteiger partial charge in [-0.25, -0.2) is 4.98 Å². The molecule has 0 aliphatic rings. The van der Waals surface area contributed by atoms with Crippen LogP contribution in [0.15, 0.2) is 36.5 Å². The zero-order valence-electron chi connectivity index (χ0n) is 10.6. The molecule has 0 unspecified atom stereocenters. The van der Waals surface area contributed by atoms with Gasteiger partial charge < -0.3 is 10.5 Å². The average Bonchev–Trinajstić information content (AvgIpc) is 2.39. The number of ether oxygens (including phenoxy) is 1. The van der Waals surface area contributed by atoms with E-state index in [1.54, 1.807) is 18.3 Å². The molecule has 104 valence electrons. The Balaban J connectivity index is 2.17. The Hall–Kier alpha value is -2.18. The van der Waals surface area contributed by atoms with Crippen LogP contribution in [0.25, 0.3) is 0 Å². The van der Waals surface area contributed by atoms with Gasteiger partial charge in [-0.3, -0.25) is 10.1 Å². The smallest absolute Gasteiger partial charge is 0.288 e. The lowest BCUT2D eigenvalue weighted by Crippen LogP contribution is -2.05. The molecular formula is C13H12ClN3O3. The number of hydrogen-bond donors (Lipinski definition) is 1. The first-order valence-corrected chi connectivity index (χ1v) is 6.18. The van der Waals surface area contributed by atoms with Gasteiger partial charge in [-0.05, 0) is 18.6 Å². The van der Waals surface area contributed by atoms with Crippen molar-refractivity contribution in [1.82, 2.24) is 4.98 Å². The molecule has 1 aromatic heterocycles. The normalized spacial score (nSPS) is 11.9. The van der Waals surface area contributed by atoms with Crippen molar-refractivity contribution in [2.75, 3.05) is 0 Å². The number of rotatable bonds is 4. The van der Waals surface area contributed by atoms with Gasteiger partial charge in [0.25, 0.3) is 5.69 Å². The second kappa shape index (κ2) is 5.85. The van der Waals surface area contributed by atoms with E-state index in [4.69, 9.17) is 22.1 Å². The van der Waals surface area contributed by atoms with Crippen molar-refractivity contribution in [3.05, 3.63) is 57.2 Å². The Morgan fingerprint density at radius 2 is 2.15 bits per heavy atom. The van der Waals surface area contributed by atoms with Crippen LogP contribution in [0.1, 0.15) is 18.5 Å². The van der Waals surface area contributed by atoms with Crippen molar-refractivity contribution in [3.8, 4) is 11.6 Å². The summed E-state index contributed by atoms with van der Waals surface area (Å²) < 4.78 is 5.47. The zero-order chi connectivity index (χ0) is 14.7. The fourth-order valence-electron chi connectivity index (χ4n) is 1.54. The van der Waals surface area contributed by atoms with Crippen LogP contribution >= 0.6 is 11.6 Å². The maximum Gasteiger partial charge on any atom is 0.288 e. The molecule has 2 rings (SSSR count). The van der Waals surface area contributed by atoms with Crippen molar-refractivity contribution in [2.24, 2.45) is 5.73 Å². The summed E-state index contributed by atoms with van der Waals surface area (Å²) in [6.07, 6.45) is 1.62. The van der Waals surface area contributed by atoms with E-state index in [0.29, 0.717) is 11.6 Å². The van der Waals surface area contributed by atoms with E-state index in [2.05, 4.69) is 4.98 Å². The first kappa shape index (κ1) is 14.2. The number of nitro benzene ring substituents is 1.